The fraction of sp³-hybridized carbons (Fsp3) is 0.143. The Balaban J connectivity index is 2.02. The smallest absolute Gasteiger partial charge is 0.253 e. The molecule has 2 aromatic rings. The zero-order valence-corrected chi connectivity index (χ0v) is 12.6. The number of aromatic nitrogens is 2. The van der Waals surface area contributed by atoms with E-state index in [-0.39, 0.29) is 34.0 Å². The van der Waals surface area contributed by atoms with Crippen molar-refractivity contribution in [2.75, 3.05) is 16.8 Å². The Morgan fingerprint density at radius 1 is 1.36 bits per heavy atom. The Labute approximate surface area is 130 Å². The number of H-pyrrole nitrogens is 1. The third-order valence-electron chi connectivity index (χ3n) is 2.66. The minimum Gasteiger partial charge on any atom is -0.383 e. The number of hydrogen-bond donors (Lipinski definition) is 3. The number of ketones is 1. The molecular weight excluding hydrogens is 304 g/mol. The molecule has 0 unspecified atom stereocenters. The number of para-hydroxylation sites is 1. The van der Waals surface area contributed by atoms with Gasteiger partial charge in [0.15, 0.2) is 10.9 Å². The van der Waals surface area contributed by atoms with Crippen molar-refractivity contribution in [3.8, 4) is 0 Å². The number of carbonyl (C=O) groups is 2. The summed E-state index contributed by atoms with van der Waals surface area (Å²) in [6, 6.07) is 7.91. The van der Waals surface area contributed by atoms with Crippen molar-refractivity contribution in [2.24, 2.45) is 0 Å². The van der Waals surface area contributed by atoms with Gasteiger partial charge in [-0.15, -0.1) is 0 Å². The minimum absolute atomic E-state index is 0.0264. The fourth-order valence-electron chi connectivity index (χ4n) is 1.74. The van der Waals surface area contributed by atoms with E-state index in [1.807, 2.05) is 0 Å². The van der Waals surface area contributed by atoms with Crippen LogP contribution < -0.4 is 16.6 Å². The van der Waals surface area contributed by atoms with E-state index in [9.17, 15) is 14.4 Å². The highest BCUT2D eigenvalue weighted by Crippen LogP contribution is 2.17. The summed E-state index contributed by atoms with van der Waals surface area (Å²) >= 11 is 1.05. The number of amides is 1. The lowest BCUT2D eigenvalue weighted by molar-refractivity contribution is -0.113. The molecular formula is C14H14N4O3S. The Kier molecular flexibility index (Phi) is 4.95. The first-order valence-corrected chi connectivity index (χ1v) is 7.33. The van der Waals surface area contributed by atoms with Crippen LogP contribution in [0.4, 0.5) is 11.5 Å². The highest BCUT2D eigenvalue weighted by molar-refractivity contribution is 7.99. The lowest BCUT2D eigenvalue weighted by atomic mass is 10.1. The van der Waals surface area contributed by atoms with Gasteiger partial charge in [-0.05, 0) is 19.1 Å². The molecule has 0 atom stereocenters. The fourth-order valence-corrected chi connectivity index (χ4v) is 2.42. The molecule has 0 aliphatic carbocycles. The molecule has 0 bridgehead atoms. The van der Waals surface area contributed by atoms with E-state index in [0.29, 0.717) is 11.3 Å². The Morgan fingerprint density at radius 3 is 2.77 bits per heavy atom. The number of anilines is 2. The molecule has 1 amide bonds. The van der Waals surface area contributed by atoms with Crippen LogP contribution in [-0.4, -0.2) is 27.4 Å². The van der Waals surface area contributed by atoms with E-state index in [2.05, 4.69) is 15.3 Å². The van der Waals surface area contributed by atoms with Crippen LogP contribution in [0.15, 0.2) is 40.3 Å². The monoisotopic (exact) mass is 318 g/mol. The van der Waals surface area contributed by atoms with Gasteiger partial charge < -0.3 is 16.0 Å². The molecule has 22 heavy (non-hydrogen) atoms. The Hall–Kier alpha value is -2.61. The summed E-state index contributed by atoms with van der Waals surface area (Å²) in [5.41, 5.74) is 5.98. The molecule has 0 aliphatic rings. The molecule has 4 N–H and O–H groups in total. The number of thioether (sulfide) groups is 1. The van der Waals surface area contributed by atoms with Gasteiger partial charge in [0.05, 0.1) is 11.4 Å². The van der Waals surface area contributed by atoms with E-state index in [1.165, 1.54) is 6.92 Å². The lowest BCUT2D eigenvalue weighted by Gasteiger charge is -2.08. The second-order valence-electron chi connectivity index (χ2n) is 4.41. The summed E-state index contributed by atoms with van der Waals surface area (Å²) in [5, 5.41) is 2.92. The molecule has 0 radical (unpaired) electrons. The number of hydrogen-bond acceptors (Lipinski definition) is 6. The maximum absolute atomic E-state index is 11.9. The first kappa shape index (κ1) is 15.8. The van der Waals surface area contributed by atoms with Crippen molar-refractivity contribution in [2.45, 2.75) is 12.1 Å². The van der Waals surface area contributed by atoms with E-state index in [0.717, 1.165) is 17.8 Å². The molecule has 1 aromatic heterocycles. The van der Waals surface area contributed by atoms with Crippen LogP contribution in [0.5, 0.6) is 0 Å². The van der Waals surface area contributed by atoms with E-state index in [4.69, 9.17) is 5.73 Å². The van der Waals surface area contributed by atoms with E-state index < -0.39 is 0 Å². The van der Waals surface area contributed by atoms with E-state index in [1.54, 1.807) is 24.3 Å². The van der Waals surface area contributed by atoms with Gasteiger partial charge in [-0.25, -0.2) is 4.98 Å². The highest BCUT2D eigenvalue weighted by atomic mass is 32.2. The first-order valence-electron chi connectivity index (χ1n) is 6.35. The van der Waals surface area contributed by atoms with Crippen molar-refractivity contribution in [1.29, 1.82) is 0 Å². The second-order valence-corrected chi connectivity index (χ2v) is 5.38. The second kappa shape index (κ2) is 6.90. The lowest BCUT2D eigenvalue weighted by Crippen LogP contribution is -2.17. The van der Waals surface area contributed by atoms with Crippen LogP contribution in [0.2, 0.25) is 0 Å². The molecule has 0 saturated heterocycles. The van der Waals surface area contributed by atoms with Gasteiger partial charge in [0.1, 0.15) is 5.82 Å². The third kappa shape index (κ3) is 4.19. The number of nitrogen functional groups attached to an aromatic ring is 1. The Bertz CT molecular complexity index is 773. The van der Waals surface area contributed by atoms with Crippen LogP contribution in [0.25, 0.3) is 0 Å². The topological polar surface area (TPSA) is 118 Å². The number of nitrogens with zero attached hydrogens (tertiary/aromatic N) is 1. The average Bonchev–Trinajstić information content (AvgIpc) is 2.44. The average molecular weight is 318 g/mol. The van der Waals surface area contributed by atoms with Crippen molar-refractivity contribution >= 4 is 35.0 Å². The van der Waals surface area contributed by atoms with Crippen LogP contribution in [0, 0.1) is 0 Å². The molecule has 0 spiro atoms. The summed E-state index contributed by atoms with van der Waals surface area (Å²) in [6.07, 6.45) is 0. The molecule has 0 aliphatic heterocycles. The molecule has 1 aromatic carbocycles. The predicted octanol–water partition coefficient (Wildman–Crippen LogP) is 1.29. The van der Waals surface area contributed by atoms with Gasteiger partial charge in [0, 0.05) is 11.6 Å². The number of aromatic amines is 1. The largest absolute Gasteiger partial charge is 0.383 e. The van der Waals surface area contributed by atoms with Crippen LogP contribution in [0.1, 0.15) is 17.3 Å². The van der Waals surface area contributed by atoms with Gasteiger partial charge in [-0.1, -0.05) is 23.9 Å². The number of nitrogens with one attached hydrogen (secondary N) is 2. The van der Waals surface area contributed by atoms with Gasteiger partial charge in [-0.2, -0.15) is 0 Å². The van der Waals surface area contributed by atoms with E-state index >= 15 is 0 Å². The van der Waals surface area contributed by atoms with Crippen LogP contribution in [-0.2, 0) is 4.79 Å². The summed E-state index contributed by atoms with van der Waals surface area (Å²) < 4.78 is 0. The number of benzene rings is 1. The normalized spacial score (nSPS) is 10.2. The highest BCUT2D eigenvalue weighted by Gasteiger charge is 2.10. The van der Waals surface area contributed by atoms with Crippen molar-refractivity contribution in [1.82, 2.24) is 9.97 Å². The predicted molar refractivity (Wildman–Crippen MR) is 85.1 cm³/mol. The summed E-state index contributed by atoms with van der Waals surface area (Å²) in [5.74, 6) is -0.332. The molecule has 7 nitrogen and oxygen atoms in total. The number of Topliss-reactive ketones (excluding diaryl/α,β-unsaturated/α-hetero) is 1. The molecule has 114 valence electrons. The number of rotatable bonds is 5. The zero-order chi connectivity index (χ0) is 16.1. The van der Waals surface area contributed by atoms with Gasteiger partial charge in [0.2, 0.25) is 5.91 Å². The molecule has 0 fully saturated rings. The Morgan fingerprint density at radius 2 is 2.09 bits per heavy atom. The minimum atomic E-state index is -0.377. The number of nitrogens with two attached hydrogens (primary N) is 1. The van der Waals surface area contributed by atoms with Crippen molar-refractivity contribution < 1.29 is 9.59 Å². The van der Waals surface area contributed by atoms with Gasteiger partial charge in [-0.3, -0.25) is 14.4 Å². The maximum atomic E-state index is 11.9. The van der Waals surface area contributed by atoms with Gasteiger partial charge in [0.25, 0.3) is 5.56 Å². The first-order chi connectivity index (χ1) is 10.5. The molecule has 1 heterocycles. The summed E-state index contributed by atoms with van der Waals surface area (Å²) in [7, 11) is 0. The third-order valence-corrected chi connectivity index (χ3v) is 3.53. The van der Waals surface area contributed by atoms with Crippen LogP contribution >= 0.6 is 11.8 Å². The SMILES string of the molecule is CC(=O)c1ccccc1NC(=O)CSc1nc(N)cc(=O)[nH]1. The summed E-state index contributed by atoms with van der Waals surface area (Å²) in [4.78, 5) is 41.0. The van der Waals surface area contributed by atoms with Gasteiger partial charge >= 0.3 is 0 Å². The summed E-state index contributed by atoms with van der Waals surface area (Å²) in [6.45, 7) is 1.43. The molecule has 2 rings (SSSR count). The molecule has 0 saturated carbocycles. The standard InChI is InChI=1S/C14H14N4O3S/c1-8(19)9-4-2-3-5-10(9)16-13(21)7-22-14-17-11(15)6-12(20)18-14/h2-6H,7H2,1H3,(H,16,21)(H3,15,17,18,20). The number of carbonyl (C=O) groups excluding carboxylic acids is 2. The van der Waals surface area contributed by atoms with Crippen molar-refractivity contribution in [3.63, 3.8) is 0 Å². The molecule has 8 heteroatoms. The zero-order valence-electron chi connectivity index (χ0n) is 11.8. The quantitative estimate of drug-likeness (QED) is 0.434. The van der Waals surface area contributed by atoms with Crippen molar-refractivity contribution in [3.05, 3.63) is 46.2 Å². The maximum Gasteiger partial charge on any atom is 0.253 e. The van der Waals surface area contributed by atoms with Crippen LogP contribution in [0.3, 0.4) is 0 Å².